The van der Waals surface area contributed by atoms with Crippen LogP contribution in [0.2, 0.25) is 0 Å². The lowest BCUT2D eigenvalue weighted by molar-refractivity contribution is -0.150. The Morgan fingerprint density at radius 3 is 2.53 bits per heavy atom. The van der Waals surface area contributed by atoms with Crippen LogP contribution in [0.1, 0.15) is 0 Å². The van der Waals surface area contributed by atoms with E-state index in [1.54, 1.807) is 18.2 Å². The van der Waals surface area contributed by atoms with Gasteiger partial charge in [0.25, 0.3) is 0 Å². The van der Waals surface area contributed by atoms with Crippen molar-refractivity contribution in [1.29, 1.82) is 0 Å². The quantitative estimate of drug-likeness (QED) is 0.618. The highest BCUT2D eigenvalue weighted by molar-refractivity contribution is 8.62. The zero-order valence-corrected chi connectivity index (χ0v) is 10.5. The molecule has 0 bridgehead atoms. The van der Waals surface area contributed by atoms with Gasteiger partial charge >= 0.3 is 11.9 Å². The van der Waals surface area contributed by atoms with Crippen LogP contribution in [0.4, 0.5) is 5.69 Å². The standard InChI is InChI=1S/C10H10N2O6S/c1-16-12-19(15,17-9(13)10(14)18-19)6-11-7-4-2-3-5-8(7)19/h2-6,12,15H,1H3. The molecule has 1 saturated heterocycles. The largest absolute Gasteiger partial charge is 0.433 e. The van der Waals surface area contributed by atoms with Gasteiger partial charge in [0.15, 0.2) is 0 Å². The van der Waals surface area contributed by atoms with E-state index in [-0.39, 0.29) is 4.90 Å². The number of carbonyl (C=O) groups is 2. The molecule has 2 aliphatic heterocycles. The van der Waals surface area contributed by atoms with E-state index in [0.29, 0.717) is 5.69 Å². The predicted molar refractivity (Wildman–Crippen MR) is 65.4 cm³/mol. The van der Waals surface area contributed by atoms with E-state index >= 15 is 0 Å². The van der Waals surface area contributed by atoms with Crippen molar-refractivity contribution < 1.29 is 27.3 Å². The summed E-state index contributed by atoms with van der Waals surface area (Å²) in [4.78, 5) is 33.8. The number of rotatable bonds is 2. The monoisotopic (exact) mass is 286 g/mol. The predicted octanol–water partition coefficient (Wildman–Crippen LogP) is 1.06. The topological polar surface area (TPSA) is 106 Å². The number of carbonyl (C=O) groups excluding carboxylic acids is 2. The van der Waals surface area contributed by atoms with Crippen molar-refractivity contribution >= 4 is 32.5 Å². The van der Waals surface area contributed by atoms with Crippen LogP contribution in [-0.4, -0.2) is 29.1 Å². The molecule has 9 heteroatoms. The van der Waals surface area contributed by atoms with E-state index in [9.17, 15) is 14.1 Å². The summed E-state index contributed by atoms with van der Waals surface area (Å²) in [5.74, 6) is -2.64. The first-order valence-electron chi connectivity index (χ1n) is 5.15. The van der Waals surface area contributed by atoms with Gasteiger partial charge in [0.05, 0.1) is 12.8 Å². The maximum Gasteiger partial charge on any atom is 0.433 e. The normalized spacial score (nSPS) is 27.7. The van der Waals surface area contributed by atoms with Gasteiger partial charge in [-0.15, -0.1) is 0 Å². The molecule has 0 saturated carbocycles. The van der Waals surface area contributed by atoms with Crippen molar-refractivity contribution in [3.05, 3.63) is 24.3 Å². The molecule has 2 aliphatic rings. The number of fused-ring (bicyclic) bond motifs is 2. The van der Waals surface area contributed by atoms with Crippen LogP contribution in [0, 0.1) is 0 Å². The molecule has 2 N–H and O–H groups in total. The first-order chi connectivity index (χ1) is 8.87. The first kappa shape index (κ1) is 12.1. The molecule has 0 atom stereocenters. The first-order valence-corrected chi connectivity index (χ1v) is 7.47. The summed E-state index contributed by atoms with van der Waals surface area (Å²) in [7, 11) is -4.29. The third-order valence-electron chi connectivity index (χ3n) is 2.81. The summed E-state index contributed by atoms with van der Waals surface area (Å²) in [6.07, 6.45) is 0. The Labute approximate surface area is 106 Å². The molecule has 0 aromatic heterocycles. The van der Waals surface area contributed by atoms with Crippen LogP contribution in [0.3, 0.4) is 0 Å². The SMILES string of the molecule is CONS12(O)(C=Nc3ccccc31)OC(=O)C(=O)O2. The van der Waals surface area contributed by atoms with Crippen LogP contribution in [0.5, 0.6) is 0 Å². The van der Waals surface area contributed by atoms with E-state index in [1.165, 1.54) is 13.2 Å². The Kier molecular flexibility index (Phi) is 1.89. The smallest absolute Gasteiger partial charge is 0.354 e. The minimum absolute atomic E-state index is 0.0311. The molecule has 0 amide bonds. The summed E-state index contributed by atoms with van der Waals surface area (Å²) in [5.41, 5.74) is 1.19. The Bertz CT molecular complexity index is 656. The van der Waals surface area contributed by atoms with Gasteiger partial charge in [-0.25, -0.2) is 14.6 Å². The highest BCUT2D eigenvalue weighted by Crippen LogP contribution is 2.93. The summed E-state index contributed by atoms with van der Waals surface area (Å²) in [6.45, 7) is 0. The minimum Gasteiger partial charge on any atom is -0.354 e. The third-order valence-corrected chi connectivity index (χ3v) is 6.44. The average Bonchev–Trinajstić information content (AvgIpc) is 2.74. The minimum atomic E-state index is -5.47. The van der Waals surface area contributed by atoms with Crippen molar-refractivity contribution in [2.75, 3.05) is 7.11 Å². The molecule has 2 heterocycles. The number of aliphatic imine (C=N–C) groups is 1. The van der Waals surface area contributed by atoms with Crippen LogP contribution in [0.25, 0.3) is 0 Å². The molecule has 1 aromatic rings. The Morgan fingerprint density at radius 1 is 1.26 bits per heavy atom. The number of hydrogen-bond acceptors (Lipinski definition) is 8. The van der Waals surface area contributed by atoms with Crippen molar-refractivity contribution in [3.63, 3.8) is 0 Å². The number of nitrogens with zero attached hydrogens (tertiary/aromatic N) is 1. The van der Waals surface area contributed by atoms with Gasteiger partial charge in [0.1, 0.15) is 19.8 Å². The molecule has 8 nitrogen and oxygen atoms in total. The van der Waals surface area contributed by atoms with Gasteiger partial charge in [-0.3, -0.25) is 9.39 Å². The fourth-order valence-corrected chi connectivity index (χ4v) is 5.32. The van der Waals surface area contributed by atoms with Crippen molar-refractivity contribution in [3.8, 4) is 0 Å². The second-order valence-corrected chi connectivity index (χ2v) is 7.99. The second kappa shape index (κ2) is 2.96. The highest BCUT2D eigenvalue weighted by Gasteiger charge is 2.74. The second-order valence-electron chi connectivity index (χ2n) is 4.10. The van der Waals surface area contributed by atoms with Crippen LogP contribution in [0.15, 0.2) is 34.2 Å². The summed E-state index contributed by atoms with van der Waals surface area (Å²) in [5, 5.41) is 0. The molecule has 0 radical (unpaired) electrons. The van der Waals surface area contributed by atoms with E-state index in [1.807, 2.05) is 0 Å². The van der Waals surface area contributed by atoms with Gasteiger partial charge in [-0.05, 0) is 12.1 Å². The number of hydrogen-bond donors (Lipinski definition) is 2. The maximum atomic E-state index is 11.4. The number of nitrogens with one attached hydrogen (secondary N) is 1. The van der Waals surface area contributed by atoms with E-state index in [4.69, 9.17) is 13.2 Å². The fourth-order valence-electron chi connectivity index (χ4n) is 2.08. The van der Waals surface area contributed by atoms with Gasteiger partial charge < -0.3 is 8.37 Å². The zero-order valence-electron chi connectivity index (χ0n) is 9.73. The lowest BCUT2D eigenvalue weighted by atomic mass is 10.3. The maximum absolute atomic E-state index is 11.4. The molecule has 0 unspecified atom stereocenters. The van der Waals surface area contributed by atoms with E-state index < -0.39 is 21.3 Å². The lowest BCUT2D eigenvalue weighted by Gasteiger charge is -2.62. The molecule has 1 aromatic carbocycles. The summed E-state index contributed by atoms with van der Waals surface area (Å²) in [6, 6.07) is 6.25. The zero-order chi connectivity index (χ0) is 13.8. The molecule has 3 rings (SSSR count). The van der Waals surface area contributed by atoms with E-state index in [0.717, 1.165) is 5.55 Å². The number of benzene rings is 1. The summed E-state index contributed by atoms with van der Waals surface area (Å²) >= 11 is 0. The Morgan fingerprint density at radius 2 is 1.89 bits per heavy atom. The van der Waals surface area contributed by atoms with Gasteiger partial charge in [0.2, 0.25) is 0 Å². The van der Waals surface area contributed by atoms with Crippen molar-refractivity contribution in [1.82, 2.24) is 4.89 Å². The van der Waals surface area contributed by atoms with Gasteiger partial charge in [-0.1, -0.05) is 17.0 Å². The van der Waals surface area contributed by atoms with Crippen LogP contribution in [-0.2, 0) is 22.8 Å². The molecular weight excluding hydrogens is 276 g/mol. The highest BCUT2D eigenvalue weighted by atomic mass is 32.4. The van der Waals surface area contributed by atoms with Gasteiger partial charge in [-0.2, -0.15) is 0 Å². The fraction of sp³-hybridized carbons (Fsp3) is 0.100. The Hall–Kier alpha value is -1.94. The molecule has 1 spiro atoms. The number of para-hydroxylation sites is 1. The third kappa shape index (κ3) is 1.22. The lowest BCUT2D eigenvalue weighted by Crippen LogP contribution is -2.49. The van der Waals surface area contributed by atoms with Crippen LogP contribution < -0.4 is 4.89 Å². The van der Waals surface area contributed by atoms with Crippen LogP contribution >= 0.6 is 9.32 Å². The Balaban J connectivity index is 2.38. The molecular formula is C10H10N2O6S. The van der Waals surface area contributed by atoms with E-state index in [2.05, 4.69) is 9.88 Å². The molecule has 1 fully saturated rings. The molecule has 19 heavy (non-hydrogen) atoms. The molecule has 0 aliphatic carbocycles. The average molecular weight is 286 g/mol. The summed E-state index contributed by atoms with van der Waals surface area (Å²) < 4.78 is 21.0. The van der Waals surface area contributed by atoms with Crippen molar-refractivity contribution in [2.24, 2.45) is 4.99 Å². The van der Waals surface area contributed by atoms with Crippen molar-refractivity contribution in [2.45, 2.75) is 4.90 Å². The molecule has 102 valence electrons. The van der Waals surface area contributed by atoms with Gasteiger partial charge in [0, 0.05) is 0 Å².